The molecule has 1 aromatic heterocycles. The van der Waals surface area contributed by atoms with Gasteiger partial charge in [0, 0.05) is 44.5 Å². The van der Waals surface area contributed by atoms with Crippen molar-refractivity contribution in [3.8, 4) is 0 Å². The number of nitrogens with zero attached hydrogens (tertiary/aromatic N) is 3. The molecule has 1 aliphatic heterocycles. The lowest BCUT2D eigenvalue weighted by atomic mass is 10.2. The van der Waals surface area contributed by atoms with Gasteiger partial charge in [0.2, 0.25) is 0 Å². The second-order valence-electron chi connectivity index (χ2n) is 5.95. The smallest absolute Gasteiger partial charge is 0.128 e. The second kappa shape index (κ2) is 6.10. The maximum atomic E-state index is 4.80. The summed E-state index contributed by atoms with van der Waals surface area (Å²) in [5, 5.41) is 3.37. The molecule has 2 aliphatic rings. The lowest BCUT2D eigenvalue weighted by molar-refractivity contribution is 0.247. The number of pyridine rings is 1. The molecule has 0 amide bonds. The molecule has 4 nitrogen and oxygen atoms in total. The van der Waals surface area contributed by atoms with Crippen molar-refractivity contribution in [2.45, 2.75) is 39.3 Å². The highest BCUT2D eigenvalue weighted by Crippen LogP contribution is 2.28. The number of hydrogen-bond donors (Lipinski definition) is 1. The minimum absolute atomic E-state index is 0.898. The third-order valence-electron chi connectivity index (χ3n) is 4.45. The molecule has 0 spiro atoms. The molecule has 0 bridgehead atoms. The van der Waals surface area contributed by atoms with Gasteiger partial charge in [-0.1, -0.05) is 13.0 Å². The van der Waals surface area contributed by atoms with E-state index in [9.17, 15) is 0 Å². The highest BCUT2D eigenvalue weighted by atomic mass is 15.3. The number of aromatic nitrogens is 1. The Morgan fingerprint density at radius 1 is 1.20 bits per heavy atom. The van der Waals surface area contributed by atoms with Crippen LogP contribution in [0.25, 0.3) is 0 Å². The Hall–Kier alpha value is -1.13. The van der Waals surface area contributed by atoms with Crippen molar-refractivity contribution in [3.05, 3.63) is 23.4 Å². The van der Waals surface area contributed by atoms with Crippen molar-refractivity contribution in [1.29, 1.82) is 0 Å². The van der Waals surface area contributed by atoms with Crippen LogP contribution in [0.15, 0.2) is 12.1 Å². The number of nitrogens with one attached hydrogen (secondary N) is 1. The predicted molar refractivity (Wildman–Crippen MR) is 83.2 cm³/mol. The Kier molecular flexibility index (Phi) is 4.22. The lowest BCUT2D eigenvalue weighted by Crippen LogP contribution is -2.47. The predicted octanol–water partition coefficient (Wildman–Crippen LogP) is 1.78. The standard InChI is InChI=1S/C16H26N4/c1-3-17-12-14-4-7-16(18-13(14)2)20-10-8-19(9-11-20)15-5-6-15/h4,7,15,17H,3,5-6,8-12H2,1-2H3. The highest BCUT2D eigenvalue weighted by molar-refractivity contribution is 5.42. The molecule has 20 heavy (non-hydrogen) atoms. The van der Waals surface area contributed by atoms with Gasteiger partial charge in [-0.05, 0) is 37.9 Å². The quantitative estimate of drug-likeness (QED) is 0.887. The molecule has 1 saturated carbocycles. The lowest BCUT2D eigenvalue weighted by Gasteiger charge is -2.35. The molecule has 4 heteroatoms. The first-order valence-electron chi connectivity index (χ1n) is 7.94. The summed E-state index contributed by atoms with van der Waals surface area (Å²) >= 11 is 0. The van der Waals surface area contributed by atoms with Crippen molar-refractivity contribution in [2.75, 3.05) is 37.6 Å². The topological polar surface area (TPSA) is 31.4 Å². The maximum absolute atomic E-state index is 4.80. The summed E-state index contributed by atoms with van der Waals surface area (Å²) in [4.78, 5) is 9.88. The summed E-state index contributed by atoms with van der Waals surface area (Å²) in [6.07, 6.45) is 2.83. The summed E-state index contributed by atoms with van der Waals surface area (Å²) in [6, 6.07) is 5.31. The van der Waals surface area contributed by atoms with Crippen LogP contribution < -0.4 is 10.2 Å². The first-order chi connectivity index (χ1) is 9.78. The monoisotopic (exact) mass is 274 g/mol. The van der Waals surface area contributed by atoms with Crippen LogP contribution in [0, 0.1) is 6.92 Å². The van der Waals surface area contributed by atoms with Crippen molar-refractivity contribution in [3.63, 3.8) is 0 Å². The van der Waals surface area contributed by atoms with Gasteiger partial charge >= 0.3 is 0 Å². The van der Waals surface area contributed by atoms with Gasteiger partial charge < -0.3 is 10.2 Å². The molecule has 0 atom stereocenters. The number of piperazine rings is 1. The van der Waals surface area contributed by atoms with Gasteiger partial charge in [0.1, 0.15) is 5.82 Å². The van der Waals surface area contributed by atoms with Crippen LogP contribution in [0.3, 0.4) is 0 Å². The fourth-order valence-corrected chi connectivity index (χ4v) is 2.96. The second-order valence-corrected chi connectivity index (χ2v) is 5.95. The van der Waals surface area contributed by atoms with Gasteiger partial charge in [0.25, 0.3) is 0 Å². The first kappa shape index (κ1) is 13.8. The van der Waals surface area contributed by atoms with E-state index in [0.29, 0.717) is 0 Å². The summed E-state index contributed by atoms with van der Waals surface area (Å²) < 4.78 is 0. The van der Waals surface area contributed by atoms with Crippen LogP contribution in [0.4, 0.5) is 5.82 Å². The summed E-state index contributed by atoms with van der Waals surface area (Å²) in [7, 11) is 0. The van der Waals surface area contributed by atoms with Crippen LogP contribution in [-0.2, 0) is 6.54 Å². The van der Waals surface area contributed by atoms with Crippen LogP contribution >= 0.6 is 0 Å². The molecule has 110 valence electrons. The van der Waals surface area contributed by atoms with Crippen LogP contribution in [0.5, 0.6) is 0 Å². The molecule has 0 radical (unpaired) electrons. The third kappa shape index (κ3) is 3.13. The highest BCUT2D eigenvalue weighted by Gasteiger charge is 2.31. The largest absolute Gasteiger partial charge is 0.354 e. The van der Waals surface area contributed by atoms with Gasteiger partial charge in [0.15, 0.2) is 0 Å². The maximum Gasteiger partial charge on any atom is 0.128 e. The van der Waals surface area contributed by atoms with Crippen LogP contribution in [0.2, 0.25) is 0 Å². The average Bonchev–Trinajstić information content (AvgIpc) is 3.31. The van der Waals surface area contributed by atoms with Crippen molar-refractivity contribution in [2.24, 2.45) is 0 Å². The fraction of sp³-hybridized carbons (Fsp3) is 0.688. The molecule has 2 fully saturated rings. The average molecular weight is 274 g/mol. The fourth-order valence-electron chi connectivity index (χ4n) is 2.96. The summed E-state index contributed by atoms with van der Waals surface area (Å²) in [5.74, 6) is 1.15. The number of aryl methyl sites for hydroxylation is 1. The normalized spacial score (nSPS) is 20.4. The molecule has 1 aromatic rings. The van der Waals surface area contributed by atoms with Crippen molar-refractivity contribution in [1.82, 2.24) is 15.2 Å². The van der Waals surface area contributed by atoms with E-state index in [1.54, 1.807) is 0 Å². The van der Waals surface area contributed by atoms with E-state index in [4.69, 9.17) is 4.98 Å². The molecule has 1 aliphatic carbocycles. The van der Waals surface area contributed by atoms with Crippen LogP contribution in [-0.4, -0.2) is 48.6 Å². The summed E-state index contributed by atoms with van der Waals surface area (Å²) in [5.41, 5.74) is 2.47. The minimum Gasteiger partial charge on any atom is -0.354 e. The van der Waals surface area contributed by atoms with Gasteiger partial charge in [-0.15, -0.1) is 0 Å². The Balaban J connectivity index is 1.61. The van der Waals surface area contributed by atoms with Gasteiger partial charge in [-0.3, -0.25) is 4.90 Å². The SMILES string of the molecule is CCNCc1ccc(N2CCN(C3CC3)CC2)nc1C. The minimum atomic E-state index is 0.898. The van der Waals surface area contributed by atoms with E-state index in [2.05, 4.69) is 41.1 Å². The van der Waals surface area contributed by atoms with Gasteiger partial charge in [-0.25, -0.2) is 4.98 Å². The molecule has 2 heterocycles. The molecule has 1 N–H and O–H groups in total. The Bertz CT molecular complexity index is 448. The molecule has 1 saturated heterocycles. The van der Waals surface area contributed by atoms with E-state index in [0.717, 1.165) is 43.7 Å². The summed E-state index contributed by atoms with van der Waals surface area (Å²) in [6.45, 7) is 10.8. The molecular formula is C16H26N4. The van der Waals surface area contributed by atoms with E-state index in [1.807, 2.05) is 0 Å². The van der Waals surface area contributed by atoms with Gasteiger partial charge in [-0.2, -0.15) is 0 Å². The number of hydrogen-bond acceptors (Lipinski definition) is 4. The van der Waals surface area contributed by atoms with E-state index < -0.39 is 0 Å². The van der Waals surface area contributed by atoms with Crippen molar-refractivity contribution >= 4 is 5.82 Å². The Morgan fingerprint density at radius 3 is 2.55 bits per heavy atom. The van der Waals surface area contributed by atoms with E-state index in [1.165, 1.54) is 31.5 Å². The van der Waals surface area contributed by atoms with Crippen LogP contribution in [0.1, 0.15) is 31.0 Å². The third-order valence-corrected chi connectivity index (χ3v) is 4.45. The van der Waals surface area contributed by atoms with E-state index >= 15 is 0 Å². The zero-order valence-electron chi connectivity index (χ0n) is 12.7. The number of anilines is 1. The molecule has 0 unspecified atom stereocenters. The van der Waals surface area contributed by atoms with E-state index in [-0.39, 0.29) is 0 Å². The van der Waals surface area contributed by atoms with Crippen molar-refractivity contribution < 1.29 is 0 Å². The Morgan fingerprint density at radius 2 is 1.95 bits per heavy atom. The molecule has 3 rings (SSSR count). The molecule has 0 aromatic carbocycles. The number of rotatable bonds is 5. The molecular weight excluding hydrogens is 248 g/mol. The zero-order valence-corrected chi connectivity index (χ0v) is 12.7. The zero-order chi connectivity index (χ0) is 13.9. The first-order valence-corrected chi connectivity index (χ1v) is 7.94. The van der Waals surface area contributed by atoms with Gasteiger partial charge in [0.05, 0.1) is 0 Å². The Labute approximate surface area is 122 Å².